The third-order valence-electron chi connectivity index (χ3n) is 4.31. The molecule has 2 rings (SSSR count). The van der Waals surface area contributed by atoms with E-state index in [0.717, 1.165) is 31.6 Å². The molecule has 112 valence electrons. The van der Waals surface area contributed by atoms with Crippen LogP contribution < -0.4 is 5.32 Å². The van der Waals surface area contributed by atoms with Gasteiger partial charge >= 0.3 is 0 Å². The van der Waals surface area contributed by atoms with Crippen LogP contribution in [0.25, 0.3) is 0 Å². The van der Waals surface area contributed by atoms with Crippen LogP contribution in [0.3, 0.4) is 0 Å². The summed E-state index contributed by atoms with van der Waals surface area (Å²) in [7, 11) is 0. The number of aryl methyl sites for hydroxylation is 1. The van der Waals surface area contributed by atoms with Gasteiger partial charge in [-0.1, -0.05) is 24.6 Å². The molecule has 2 atom stereocenters. The van der Waals surface area contributed by atoms with Gasteiger partial charge in [-0.3, -0.25) is 4.90 Å². The first-order chi connectivity index (χ1) is 9.61. The minimum Gasteiger partial charge on any atom is -0.508 e. The summed E-state index contributed by atoms with van der Waals surface area (Å²) >= 11 is 0. The number of aromatic hydroxyl groups is 1. The third kappa shape index (κ3) is 3.74. The number of phenols is 1. The summed E-state index contributed by atoms with van der Waals surface area (Å²) in [6.07, 6.45) is 3.70. The van der Waals surface area contributed by atoms with Crippen LogP contribution in [0.2, 0.25) is 0 Å². The Morgan fingerprint density at radius 3 is 2.90 bits per heavy atom. The van der Waals surface area contributed by atoms with Crippen LogP contribution in [0.4, 0.5) is 0 Å². The summed E-state index contributed by atoms with van der Waals surface area (Å²) in [4.78, 5) is 2.50. The molecule has 2 unspecified atom stereocenters. The summed E-state index contributed by atoms with van der Waals surface area (Å²) in [5, 5.41) is 13.7. The Kier molecular flexibility index (Phi) is 5.44. The van der Waals surface area contributed by atoms with Crippen LogP contribution in [0, 0.1) is 6.92 Å². The van der Waals surface area contributed by atoms with Gasteiger partial charge in [-0.05, 0) is 52.3 Å². The normalized spacial score (nSPS) is 20.5. The van der Waals surface area contributed by atoms with Crippen LogP contribution in [0.15, 0.2) is 18.2 Å². The average molecular weight is 276 g/mol. The van der Waals surface area contributed by atoms with Gasteiger partial charge in [0.1, 0.15) is 5.75 Å². The fraction of sp³-hybridized carbons (Fsp3) is 0.647. The molecule has 1 fully saturated rings. The minimum absolute atomic E-state index is 0.261. The minimum atomic E-state index is 0.261. The molecular weight excluding hydrogens is 248 g/mol. The largest absolute Gasteiger partial charge is 0.508 e. The van der Waals surface area contributed by atoms with Gasteiger partial charge < -0.3 is 10.4 Å². The molecule has 0 aliphatic carbocycles. The lowest BCUT2D eigenvalue weighted by atomic mass is 10.0. The summed E-state index contributed by atoms with van der Waals surface area (Å²) in [6, 6.07) is 6.77. The highest BCUT2D eigenvalue weighted by Gasteiger charge is 2.23. The number of rotatable bonds is 6. The molecule has 0 saturated carbocycles. The van der Waals surface area contributed by atoms with Crippen molar-refractivity contribution in [1.29, 1.82) is 0 Å². The van der Waals surface area contributed by atoms with E-state index in [1.54, 1.807) is 0 Å². The summed E-state index contributed by atoms with van der Waals surface area (Å²) < 4.78 is 0. The van der Waals surface area contributed by atoms with Crippen LogP contribution in [-0.4, -0.2) is 35.7 Å². The SMILES string of the molecule is CCCN(CC1CCCN1)C(C)c1cc(C)ccc1O. The topological polar surface area (TPSA) is 35.5 Å². The molecule has 20 heavy (non-hydrogen) atoms. The Bertz CT molecular complexity index is 427. The van der Waals surface area contributed by atoms with Crippen molar-refractivity contribution in [1.82, 2.24) is 10.2 Å². The zero-order valence-electron chi connectivity index (χ0n) is 13.0. The van der Waals surface area contributed by atoms with Crippen molar-refractivity contribution in [2.45, 2.75) is 52.1 Å². The fourth-order valence-electron chi connectivity index (χ4n) is 3.13. The van der Waals surface area contributed by atoms with Gasteiger partial charge in [0.15, 0.2) is 0 Å². The van der Waals surface area contributed by atoms with E-state index in [1.807, 2.05) is 12.1 Å². The second kappa shape index (κ2) is 7.09. The Morgan fingerprint density at radius 2 is 2.25 bits per heavy atom. The molecule has 1 saturated heterocycles. The second-order valence-electron chi connectivity index (χ2n) is 6.03. The van der Waals surface area contributed by atoms with Crippen molar-refractivity contribution in [3.63, 3.8) is 0 Å². The van der Waals surface area contributed by atoms with Crippen molar-refractivity contribution in [3.05, 3.63) is 29.3 Å². The predicted octanol–water partition coefficient (Wildman–Crippen LogP) is 3.23. The standard InChI is InChI=1S/C17H28N2O/c1-4-10-19(12-15-6-5-9-18-15)14(3)16-11-13(2)7-8-17(16)20/h7-8,11,14-15,18,20H,4-6,9-10,12H2,1-3H3. The molecule has 3 nitrogen and oxygen atoms in total. The van der Waals surface area contributed by atoms with Gasteiger partial charge in [0, 0.05) is 24.2 Å². The molecule has 3 heteroatoms. The van der Waals surface area contributed by atoms with Crippen molar-refractivity contribution in [2.24, 2.45) is 0 Å². The second-order valence-corrected chi connectivity index (χ2v) is 6.03. The Hall–Kier alpha value is -1.06. The predicted molar refractivity (Wildman–Crippen MR) is 84.1 cm³/mol. The zero-order chi connectivity index (χ0) is 14.5. The van der Waals surface area contributed by atoms with E-state index in [4.69, 9.17) is 0 Å². The maximum Gasteiger partial charge on any atom is 0.120 e. The van der Waals surface area contributed by atoms with Gasteiger partial charge in [-0.25, -0.2) is 0 Å². The van der Waals surface area contributed by atoms with Crippen LogP contribution >= 0.6 is 0 Å². The first-order valence-electron chi connectivity index (χ1n) is 7.88. The van der Waals surface area contributed by atoms with Crippen LogP contribution in [0.1, 0.15) is 50.3 Å². The van der Waals surface area contributed by atoms with Gasteiger partial charge in [0.2, 0.25) is 0 Å². The number of nitrogens with zero attached hydrogens (tertiary/aromatic N) is 1. The Balaban J connectivity index is 2.12. The molecule has 0 radical (unpaired) electrons. The first-order valence-corrected chi connectivity index (χ1v) is 7.88. The summed E-state index contributed by atoms with van der Waals surface area (Å²) in [5.74, 6) is 0.420. The number of benzene rings is 1. The smallest absolute Gasteiger partial charge is 0.120 e. The van der Waals surface area contributed by atoms with Gasteiger partial charge in [0.25, 0.3) is 0 Å². The monoisotopic (exact) mass is 276 g/mol. The first kappa shape index (κ1) is 15.3. The lowest BCUT2D eigenvalue weighted by Crippen LogP contribution is -2.39. The third-order valence-corrected chi connectivity index (χ3v) is 4.31. The van der Waals surface area contributed by atoms with Crippen molar-refractivity contribution >= 4 is 0 Å². The molecule has 0 spiro atoms. The number of hydrogen-bond donors (Lipinski definition) is 2. The summed E-state index contributed by atoms with van der Waals surface area (Å²) in [5.41, 5.74) is 2.26. The van der Waals surface area contributed by atoms with Crippen molar-refractivity contribution in [2.75, 3.05) is 19.6 Å². The van der Waals surface area contributed by atoms with E-state index >= 15 is 0 Å². The number of nitrogens with one attached hydrogen (secondary N) is 1. The lowest BCUT2D eigenvalue weighted by Gasteiger charge is -2.32. The maximum atomic E-state index is 10.1. The molecule has 1 aliphatic rings. The van der Waals surface area contributed by atoms with E-state index in [1.165, 1.54) is 18.4 Å². The Morgan fingerprint density at radius 1 is 1.45 bits per heavy atom. The van der Waals surface area contributed by atoms with Gasteiger partial charge in [-0.2, -0.15) is 0 Å². The lowest BCUT2D eigenvalue weighted by molar-refractivity contribution is 0.189. The molecule has 0 amide bonds. The zero-order valence-corrected chi connectivity index (χ0v) is 13.0. The van der Waals surface area contributed by atoms with E-state index in [2.05, 4.69) is 37.1 Å². The highest BCUT2D eigenvalue weighted by Crippen LogP contribution is 2.30. The molecule has 2 N–H and O–H groups in total. The maximum absolute atomic E-state index is 10.1. The number of phenolic OH excluding ortho intramolecular Hbond substituents is 1. The number of hydrogen-bond acceptors (Lipinski definition) is 3. The van der Waals surface area contributed by atoms with Crippen LogP contribution in [0.5, 0.6) is 5.75 Å². The van der Waals surface area contributed by atoms with E-state index in [0.29, 0.717) is 11.8 Å². The van der Waals surface area contributed by atoms with Gasteiger partial charge in [-0.15, -0.1) is 0 Å². The fourth-order valence-corrected chi connectivity index (χ4v) is 3.13. The highest BCUT2D eigenvalue weighted by atomic mass is 16.3. The Labute approximate surface area is 123 Å². The summed E-state index contributed by atoms with van der Waals surface area (Å²) in [6.45, 7) is 9.80. The average Bonchev–Trinajstić information content (AvgIpc) is 2.93. The molecule has 1 aromatic carbocycles. The molecule has 0 bridgehead atoms. The van der Waals surface area contributed by atoms with E-state index < -0.39 is 0 Å². The molecule has 0 aromatic heterocycles. The highest BCUT2D eigenvalue weighted by molar-refractivity contribution is 5.37. The van der Waals surface area contributed by atoms with E-state index in [-0.39, 0.29) is 6.04 Å². The van der Waals surface area contributed by atoms with Gasteiger partial charge in [0.05, 0.1) is 0 Å². The van der Waals surface area contributed by atoms with E-state index in [9.17, 15) is 5.11 Å². The molecular formula is C17H28N2O. The molecule has 1 heterocycles. The molecule has 1 aromatic rings. The quantitative estimate of drug-likeness (QED) is 0.837. The molecule has 1 aliphatic heterocycles. The van der Waals surface area contributed by atoms with Crippen molar-refractivity contribution in [3.8, 4) is 5.75 Å². The van der Waals surface area contributed by atoms with Crippen molar-refractivity contribution < 1.29 is 5.11 Å². The van der Waals surface area contributed by atoms with Crippen LogP contribution in [-0.2, 0) is 0 Å².